The molecule has 0 aliphatic rings. The van der Waals surface area contributed by atoms with Crippen molar-refractivity contribution in [2.24, 2.45) is 5.73 Å². The summed E-state index contributed by atoms with van der Waals surface area (Å²) in [6, 6.07) is 0.386. The molecule has 0 saturated heterocycles. The van der Waals surface area contributed by atoms with E-state index in [4.69, 9.17) is 5.73 Å². The van der Waals surface area contributed by atoms with E-state index in [0.29, 0.717) is 6.07 Å². The van der Waals surface area contributed by atoms with Crippen LogP contribution in [0.5, 0.6) is 0 Å². The van der Waals surface area contributed by atoms with E-state index < -0.39 is 30.2 Å². The minimum Gasteiger partial charge on any atom is -0.322 e. The highest BCUT2D eigenvalue weighted by molar-refractivity contribution is 5.23. The van der Waals surface area contributed by atoms with E-state index in [-0.39, 0.29) is 5.56 Å². The molecular weight excluding hydrogens is 186 g/mol. The Labute approximate surface area is 72.2 Å². The summed E-state index contributed by atoms with van der Waals surface area (Å²) in [5, 5.41) is 0. The Kier molecular flexibility index (Phi) is 2.87. The number of benzene rings is 1. The predicted octanol–water partition coefficient (Wildman–Crippen LogP) is 2.07. The van der Waals surface area contributed by atoms with Crippen LogP contribution < -0.4 is 5.73 Å². The molecule has 0 bridgehead atoms. The van der Waals surface area contributed by atoms with Crippen molar-refractivity contribution in [3.63, 3.8) is 0 Å². The van der Waals surface area contributed by atoms with Crippen LogP contribution >= 0.6 is 0 Å². The second-order valence-corrected chi connectivity index (χ2v) is 2.53. The molecule has 0 unspecified atom stereocenters. The highest BCUT2D eigenvalue weighted by Gasteiger charge is 2.17. The number of alkyl halides is 1. The Morgan fingerprint density at radius 1 is 1.15 bits per heavy atom. The molecule has 0 spiro atoms. The van der Waals surface area contributed by atoms with Crippen molar-refractivity contribution in [3.05, 3.63) is 35.1 Å². The van der Waals surface area contributed by atoms with Crippen molar-refractivity contribution < 1.29 is 17.6 Å². The summed E-state index contributed by atoms with van der Waals surface area (Å²) < 4.78 is 49.8. The lowest BCUT2D eigenvalue weighted by molar-refractivity contribution is 0.403. The lowest BCUT2D eigenvalue weighted by Crippen LogP contribution is -2.15. The van der Waals surface area contributed by atoms with Gasteiger partial charge in [0.2, 0.25) is 0 Å². The van der Waals surface area contributed by atoms with Gasteiger partial charge in [0.1, 0.15) is 6.67 Å². The maximum atomic E-state index is 12.8. The fraction of sp³-hybridized carbons (Fsp3) is 0.250. The van der Waals surface area contributed by atoms with E-state index >= 15 is 0 Å². The number of halogens is 4. The first-order valence-electron chi connectivity index (χ1n) is 3.53. The summed E-state index contributed by atoms with van der Waals surface area (Å²) >= 11 is 0. The van der Waals surface area contributed by atoms with Crippen LogP contribution in [0.3, 0.4) is 0 Å². The van der Waals surface area contributed by atoms with Crippen LogP contribution in [0.15, 0.2) is 12.1 Å². The molecule has 72 valence electrons. The minimum atomic E-state index is -1.62. The SMILES string of the molecule is N[C@H](CF)c1ccc(F)c(F)c1F. The van der Waals surface area contributed by atoms with Crippen molar-refractivity contribution in [2.75, 3.05) is 6.67 Å². The van der Waals surface area contributed by atoms with Crippen molar-refractivity contribution in [3.8, 4) is 0 Å². The highest BCUT2D eigenvalue weighted by Crippen LogP contribution is 2.19. The van der Waals surface area contributed by atoms with E-state index in [0.717, 1.165) is 6.07 Å². The molecule has 0 aliphatic heterocycles. The lowest BCUT2D eigenvalue weighted by atomic mass is 10.1. The number of rotatable bonds is 2. The molecule has 1 nitrogen and oxygen atoms in total. The van der Waals surface area contributed by atoms with Crippen LogP contribution in [0.1, 0.15) is 11.6 Å². The lowest BCUT2D eigenvalue weighted by Gasteiger charge is -2.08. The average molecular weight is 193 g/mol. The summed E-state index contributed by atoms with van der Waals surface area (Å²) in [6.07, 6.45) is 0. The first-order chi connectivity index (χ1) is 6.07. The van der Waals surface area contributed by atoms with Crippen LogP contribution in [0, 0.1) is 17.5 Å². The van der Waals surface area contributed by atoms with Crippen LogP contribution in [0.2, 0.25) is 0 Å². The van der Waals surface area contributed by atoms with E-state index in [1.807, 2.05) is 0 Å². The summed E-state index contributed by atoms with van der Waals surface area (Å²) in [6.45, 7) is -1.03. The Morgan fingerprint density at radius 2 is 1.77 bits per heavy atom. The minimum absolute atomic E-state index is 0.360. The van der Waals surface area contributed by atoms with E-state index in [1.165, 1.54) is 0 Å². The van der Waals surface area contributed by atoms with Crippen LogP contribution in [0.25, 0.3) is 0 Å². The zero-order chi connectivity index (χ0) is 10.0. The highest BCUT2D eigenvalue weighted by atomic mass is 19.2. The molecule has 0 amide bonds. The van der Waals surface area contributed by atoms with Gasteiger partial charge in [0.05, 0.1) is 6.04 Å². The maximum absolute atomic E-state index is 12.8. The molecule has 1 aromatic carbocycles. The smallest absolute Gasteiger partial charge is 0.194 e. The molecule has 0 fully saturated rings. The summed E-state index contributed by atoms with van der Waals surface area (Å²) in [4.78, 5) is 0. The van der Waals surface area contributed by atoms with Crippen molar-refractivity contribution in [1.82, 2.24) is 0 Å². The van der Waals surface area contributed by atoms with Crippen molar-refractivity contribution >= 4 is 0 Å². The van der Waals surface area contributed by atoms with Crippen LogP contribution in [0.4, 0.5) is 17.6 Å². The number of nitrogens with two attached hydrogens (primary N) is 1. The van der Waals surface area contributed by atoms with Gasteiger partial charge in [0, 0.05) is 5.56 Å². The third-order valence-corrected chi connectivity index (χ3v) is 1.63. The van der Waals surface area contributed by atoms with Gasteiger partial charge >= 0.3 is 0 Å². The molecule has 13 heavy (non-hydrogen) atoms. The molecule has 2 N–H and O–H groups in total. The molecule has 0 radical (unpaired) electrons. The normalized spacial score (nSPS) is 13.0. The predicted molar refractivity (Wildman–Crippen MR) is 39.2 cm³/mol. The topological polar surface area (TPSA) is 26.0 Å². The molecule has 0 aliphatic carbocycles. The zero-order valence-corrected chi connectivity index (χ0v) is 6.53. The fourth-order valence-electron chi connectivity index (χ4n) is 0.910. The second kappa shape index (κ2) is 3.74. The van der Waals surface area contributed by atoms with Gasteiger partial charge in [-0.05, 0) is 6.07 Å². The molecule has 0 saturated carbocycles. The number of hydrogen-bond acceptors (Lipinski definition) is 1. The average Bonchev–Trinajstić information content (AvgIpc) is 2.13. The first kappa shape index (κ1) is 9.98. The Bertz CT molecular complexity index is 313. The van der Waals surface area contributed by atoms with Gasteiger partial charge in [-0.2, -0.15) is 0 Å². The summed E-state index contributed by atoms with van der Waals surface area (Å²) in [7, 11) is 0. The Morgan fingerprint density at radius 3 is 2.31 bits per heavy atom. The zero-order valence-electron chi connectivity index (χ0n) is 6.53. The molecule has 1 rings (SSSR count). The maximum Gasteiger partial charge on any atom is 0.194 e. The van der Waals surface area contributed by atoms with E-state index in [2.05, 4.69) is 0 Å². The van der Waals surface area contributed by atoms with Crippen molar-refractivity contribution in [2.45, 2.75) is 6.04 Å². The second-order valence-electron chi connectivity index (χ2n) is 2.53. The summed E-state index contributed by atoms with van der Waals surface area (Å²) in [5.41, 5.74) is 4.75. The molecule has 1 aromatic rings. The Hall–Kier alpha value is -1.10. The van der Waals surface area contributed by atoms with Crippen molar-refractivity contribution in [1.29, 1.82) is 0 Å². The number of hydrogen-bond donors (Lipinski definition) is 1. The standard InChI is InChI=1S/C8H7F4N/c9-3-6(13)4-1-2-5(10)8(12)7(4)11/h1-2,6H,3,13H2/t6-/m1/s1. The monoisotopic (exact) mass is 193 g/mol. The molecule has 0 aromatic heterocycles. The van der Waals surface area contributed by atoms with Gasteiger partial charge in [0.15, 0.2) is 17.5 Å². The third kappa shape index (κ3) is 1.80. The largest absolute Gasteiger partial charge is 0.322 e. The van der Waals surface area contributed by atoms with E-state index in [1.54, 1.807) is 0 Å². The summed E-state index contributed by atoms with van der Waals surface area (Å²) in [5.74, 6) is -4.36. The molecule has 1 atom stereocenters. The first-order valence-corrected chi connectivity index (χ1v) is 3.53. The van der Waals surface area contributed by atoms with E-state index in [9.17, 15) is 17.6 Å². The molecule has 0 heterocycles. The van der Waals surface area contributed by atoms with Crippen LogP contribution in [-0.2, 0) is 0 Å². The Balaban J connectivity index is 3.18. The third-order valence-electron chi connectivity index (χ3n) is 1.63. The van der Waals surface area contributed by atoms with Gasteiger partial charge in [-0.3, -0.25) is 0 Å². The molecule has 5 heteroatoms. The fourth-order valence-corrected chi connectivity index (χ4v) is 0.910. The van der Waals surface area contributed by atoms with Crippen LogP contribution in [-0.4, -0.2) is 6.67 Å². The van der Waals surface area contributed by atoms with Gasteiger partial charge in [-0.1, -0.05) is 6.07 Å². The molecular formula is C8H7F4N. The quantitative estimate of drug-likeness (QED) is 0.564. The van der Waals surface area contributed by atoms with Gasteiger partial charge in [0.25, 0.3) is 0 Å². The van der Waals surface area contributed by atoms with Gasteiger partial charge in [-0.25, -0.2) is 17.6 Å². The van der Waals surface area contributed by atoms with Gasteiger partial charge < -0.3 is 5.73 Å². The van der Waals surface area contributed by atoms with Gasteiger partial charge in [-0.15, -0.1) is 0 Å².